The van der Waals surface area contributed by atoms with Crippen LogP contribution in [0.1, 0.15) is 19.8 Å². The molecule has 0 unspecified atom stereocenters. The summed E-state index contributed by atoms with van der Waals surface area (Å²) in [4.78, 5) is 11.2. The van der Waals surface area contributed by atoms with Crippen molar-refractivity contribution in [3.63, 3.8) is 0 Å². The van der Waals surface area contributed by atoms with E-state index in [-0.39, 0.29) is 23.8 Å². The fourth-order valence-corrected chi connectivity index (χ4v) is 1.17. The third kappa shape index (κ3) is 4.22. The average molecular weight is 239 g/mol. The number of phenolic OH excluding ortho intramolecular Hbond substituents is 1. The Bertz CT molecular complexity index is 379. The highest BCUT2D eigenvalue weighted by atomic mass is 16.6. The van der Waals surface area contributed by atoms with Crippen molar-refractivity contribution in [2.75, 3.05) is 18.9 Å². The molecule has 3 N–H and O–H groups in total. The van der Waals surface area contributed by atoms with Crippen molar-refractivity contribution < 1.29 is 19.4 Å². The first-order valence-electron chi connectivity index (χ1n) is 5.51. The van der Waals surface area contributed by atoms with Crippen LogP contribution < -0.4 is 10.5 Å². The van der Waals surface area contributed by atoms with Gasteiger partial charge >= 0.3 is 5.97 Å². The molecule has 0 atom stereocenters. The number of para-hydroxylation sites is 1. The maximum absolute atomic E-state index is 11.2. The second-order valence-corrected chi connectivity index (χ2v) is 3.55. The summed E-state index contributed by atoms with van der Waals surface area (Å²) < 4.78 is 10.1. The number of rotatable bonds is 6. The maximum Gasteiger partial charge on any atom is 0.344 e. The number of hydrogen-bond acceptors (Lipinski definition) is 5. The quantitative estimate of drug-likeness (QED) is 0.342. The van der Waals surface area contributed by atoms with Crippen molar-refractivity contribution in [3.8, 4) is 11.5 Å². The van der Waals surface area contributed by atoms with Crippen LogP contribution in [0.5, 0.6) is 11.5 Å². The fourth-order valence-electron chi connectivity index (χ4n) is 1.17. The van der Waals surface area contributed by atoms with E-state index in [1.165, 1.54) is 6.07 Å². The first kappa shape index (κ1) is 13.2. The minimum Gasteiger partial charge on any atom is -0.506 e. The summed E-state index contributed by atoms with van der Waals surface area (Å²) in [5.74, 6) is -0.236. The van der Waals surface area contributed by atoms with Crippen LogP contribution in [-0.2, 0) is 9.53 Å². The number of nitrogens with two attached hydrogens (primary N) is 1. The normalized spacial score (nSPS) is 9.94. The van der Waals surface area contributed by atoms with Crippen LogP contribution in [0.25, 0.3) is 0 Å². The second kappa shape index (κ2) is 6.62. The summed E-state index contributed by atoms with van der Waals surface area (Å²) in [5, 5.41) is 9.32. The standard InChI is InChI=1S/C12H17NO4/c1-2-3-7-16-11(15)8-17-10-6-4-5-9(14)12(10)13/h4-6,14H,2-3,7-8,13H2,1H3. The van der Waals surface area contributed by atoms with Crippen LogP contribution in [0.2, 0.25) is 0 Å². The van der Waals surface area contributed by atoms with Gasteiger partial charge in [-0.3, -0.25) is 0 Å². The lowest BCUT2D eigenvalue weighted by molar-refractivity contribution is -0.146. The first-order chi connectivity index (χ1) is 8.15. The summed E-state index contributed by atoms with van der Waals surface area (Å²) in [6.07, 6.45) is 1.80. The van der Waals surface area contributed by atoms with Crippen LogP contribution in [0.3, 0.4) is 0 Å². The number of nitrogen functional groups attached to an aromatic ring is 1. The number of benzene rings is 1. The Morgan fingerprint density at radius 2 is 2.24 bits per heavy atom. The van der Waals surface area contributed by atoms with E-state index in [1.54, 1.807) is 12.1 Å². The number of carbonyl (C=O) groups excluding carboxylic acids is 1. The predicted molar refractivity (Wildman–Crippen MR) is 63.9 cm³/mol. The van der Waals surface area contributed by atoms with Crippen LogP contribution in [0, 0.1) is 0 Å². The monoisotopic (exact) mass is 239 g/mol. The van der Waals surface area contributed by atoms with Crippen LogP contribution in [0.15, 0.2) is 18.2 Å². The molecule has 0 aliphatic carbocycles. The van der Waals surface area contributed by atoms with Gasteiger partial charge in [0.05, 0.1) is 6.61 Å². The van der Waals surface area contributed by atoms with Crippen molar-refractivity contribution in [3.05, 3.63) is 18.2 Å². The van der Waals surface area contributed by atoms with Gasteiger partial charge in [0.1, 0.15) is 17.2 Å². The minimum absolute atomic E-state index is 0.0677. The molecule has 5 nitrogen and oxygen atoms in total. The average Bonchev–Trinajstić information content (AvgIpc) is 2.31. The Morgan fingerprint density at radius 3 is 2.94 bits per heavy atom. The van der Waals surface area contributed by atoms with Crippen LogP contribution >= 0.6 is 0 Å². The van der Waals surface area contributed by atoms with Gasteiger partial charge in [-0.05, 0) is 18.6 Å². The van der Waals surface area contributed by atoms with Gasteiger partial charge in [-0.25, -0.2) is 4.79 Å². The van der Waals surface area contributed by atoms with E-state index < -0.39 is 5.97 Å². The molecule has 0 amide bonds. The van der Waals surface area contributed by atoms with Crippen LogP contribution in [0.4, 0.5) is 5.69 Å². The lowest BCUT2D eigenvalue weighted by Gasteiger charge is -2.09. The van der Waals surface area contributed by atoms with Crippen molar-refractivity contribution in [1.82, 2.24) is 0 Å². The number of hydrogen-bond donors (Lipinski definition) is 2. The second-order valence-electron chi connectivity index (χ2n) is 3.55. The Hall–Kier alpha value is -1.91. The molecule has 0 saturated heterocycles. The molecule has 17 heavy (non-hydrogen) atoms. The lowest BCUT2D eigenvalue weighted by Crippen LogP contribution is -2.15. The molecule has 1 rings (SSSR count). The zero-order valence-corrected chi connectivity index (χ0v) is 9.81. The van der Waals surface area contributed by atoms with Crippen molar-refractivity contribution >= 4 is 11.7 Å². The van der Waals surface area contributed by atoms with Crippen molar-refractivity contribution in [1.29, 1.82) is 0 Å². The smallest absolute Gasteiger partial charge is 0.344 e. The van der Waals surface area contributed by atoms with Gasteiger partial charge in [0.15, 0.2) is 6.61 Å². The number of ether oxygens (including phenoxy) is 2. The molecule has 1 aromatic rings. The third-order valence-corrected chi connectivity index (χ3v) is 2.15. The first-order valence-corrected chi connectivity index (χ1v) is 5.51. The molecule has 0 aliphatic rings. The highest BCUT2D eigenvalue weighted by molar-refractivity contribution is 5.72. The number of phenols is 1. The van der Waals surface area contributed by atoms with Gasteiger partial charge in [0.2, 0.25) is 0 Å². The fraction of sp³-hybridized carbons (Fsp3) is 0.417. The number of anilines is 1. The SMILES string of the molecule is CCCCOC(=O)COc1cccc(O)c1N. The number of unbranched alkanes of at least 4 members (excludes halogenated alkanes) is 1. The van der Waals surface area contributed by atoms with Gasteiger partial charge in [-0.1, -0.05) is 19.4 Å². The molecule has 0 aromatic heterocycles. The zero-order chi connectivity index (χ0) is 12.7. The summed E-state index contributed by atoms with van der Waals surface area (Å²) in [6, 6.07) is 4.61. The van der Waals surface area contributed by atoms with Crippen LogP contribution in [-0.4, -0.2) is 24.3 Å². The van der Waals surface area contributed by atoms with Gasteiger partial charge < -0.3 is 20.3 Å². The minimum atomic E-state index is -0.443. The number of esters is 1. The van der Waals surface area contributed by atoms with E-state index in [0.717, 1.165) is 12.8 Å². The lowest BCUT2D eigenvalue weighted by atomic mass is 10.3. The molecule has 0 spiro atoms. The Kier molecular flexibility index (Phi) is 5.13. The van der Waals surface area contributed by atoms with E-state index in [9.17, 15) is 9.90 Å². The maximum atomic E-state index is 11.2. The largest absolute Gasteiger partial charge is 0.506 e. The molecule has 5 heteroatoms. The van der Waals surface area contributed by atoms with E-state index in [1.807, 2.05) is 6.92 Å². The third-order valence-electron chi connectivity index (χ3n) is 2.15. The van der Waals surface area contributed by atoms with Crippen molar-refractivity contribution in [2.24, 2.45) is 0 Å². The number of aromatic hydroxyl groups is 1. The van der Waals surface area contributed by atoms with Gasteiger partial charge in [-0.2, -0.15) is 0 Å². The van der Waals surface area contributed by atoms with E-state index >= 15 is 0 Å². The highest BCUT2D eigenvalue weighted by Crippen LogP contribution is 2.29. The molecule has 0 fully saturated rings. The molecular weight excluding hydrogens is 222 g/mol. The topological polar surface area (TPSA) is 81.8 Å². The number of carbonyl (C=O) groups is 1. The van der Waals surface area contributed by atoms with E-state index in [2.05, 4.69) is 0 Å². The summed E-state index contributed by atoms with van der Waals surface area (Å²) in [6.45, 7) is 2.20. The molecule has 0 heterocycles. The summed E-state index contributed by atoms with van der Waals surface area (Å²) >= 11 is 0. The summed E-state index contributed by atoms with van der Waals surface area (Å²) in [5.41, 5.74) is 5.68. The Morgan fingerprint density at radius 1 is 1.47 bits per heavy atom. The highest BCUT2D eigenvalue weighted by Gasteiger charge is 2.08. The molecule has 0 saturated carbocycles. The van der Waals surface area contributed by atoms with E-state index in [0.29, 0.717) is 6.61 Å². The van der Waals surface area contributed by atoms with Gasteiger partial charge in [-0.15, -0.1) is 0 Å². The molecular formula is C12H17NO4. The molecule has 0 aliphatic heterocycles. The zero-order valence-electron chi connectivity index (χ0n) is 9.81. The molecule has 0 bridgehead atoms. The molecule has 94 valence electrons. The predicted octanol–water partition coefficient (Wildman–Crippen LogP) is 1.70. The van der Waals surface area contributed by atoms with Gasteiger partial charge in [0.25, 0.3) is 0 Å². The van der Waals surface area contributed by atoms with E-state index in [4.69, 9.17) is 15.2 Å². The Labute approximate surface area is 100 Å². The molecule has 0 radical (unpaired) electrons. The van der Waals surface area contributed by atoms with Crippen molar-refractivity contribution in [2.45, 2.75) is 19.8 Å². The Balaban J connectivity index is 2.39. The van der Waals surface area contributed by atoms with Gasteiger partial charge in [0, 0.05) is 0 Å². The summed E-state index contributed by atoms with van der Waals surface area (Å²) in [7, 11) is 0. The molecule has 1 aromatic carbocycles.